The average Bonchev–Trinajstić information content (AvgIpc) is 3.43. The number of nitrogens with one attached hydrogen (secondary N) is 1. The highest BCUT2D eigenvalue weighted by Crippen LogP contribution is 2.41. The van der Waals surface area contributed by atoms with Crippen LogP contribution >= 0.6 is 15.9 Å². The Hall–Kier alpha value is -2.45. The van der Waals surface area contributed by atoms with Gasteiger partial charge in [0.25, 0.3) is 5.91 Å². The van der Waals surface area contributed by atoms with Crippen molar-refractivity contribution >= 4 is 27.9 Å². The van der Waals surface area contributed by atoms with E-state index in [1.807, 2.05) is 42.5 Å². The van der Waals surface area contributed by atoms with Crippen LogP contribution in [-0.4, -0.2) is 10.9 Å². The first-order valence-electron chi connectivity index (χ1n) is 7.77. The van der Waals surface area contributed by atoms with E-state index in [9.17, 15) is 10.1 Å². The van der Waals surface area contributed by atoms with Crippen molar-refractivity contribution in [2.24, 2.45) is 5.92 Å². The van der Waals surface area contributed by atoms with E-state index in [1.165, 1.54) is 6.08 Å². The van der Waals surface area contributed by atoms with Crippen LogP contribution in [0.15, 0.2) is 58.7 Å². The van der Waals surface area contributed by atoms with Gasteiger partial charge in [0.2, 0.25) is 0 Å². The van der Waals surface area contributed by atoms with Crippen LogP contribution in [0.5, 0.6) is 0 Å². The van der Waals surface area contributed by atoms with Gasteiger partial charge in [0, 0.05) is 0 Å². The summed E-state index contributed by atoms with van der Waals surface area (Å²) < 4.78 is 0.661. The Labute approximate surface area is 149 Å². The summed E-state index contributed by atoms with van der Waals surface area (Å²) >= 11 is 3.29. The maximum Gasteiger partial charge on any atom is 0.262 e. The van der Waals surface area contributed by atoms with Crippen molar-refractivity contribution < 1.29 is 4.79 Å². The lowest BCUT2D eigenvalue weighted by molar-refractivity contribution is -0.117. The topological polar surface area (TPSA) is 65.8 Å². The molecule has 0 saturated heterocycles. The van der Waals surface area contributed by atoms with Gasteiger partial charge in [-0.05, 0) is 58.5 Å². The summed E-state index contributed by atoms with van der Waals surface area (Å²) in [5.74, 6) is 0.0836. The molecule has 1 amide bonds. The Balaban J connectivity index is 1.80. The zero-order valence-electron chi connectivity index (χ0n) is 12.9. The van der Waals surface area contributed by atoms with Gasteiger partial charge in [0.05, 0.1) is 11.7 Å². The Morgan fingerprint density at radius 1 is 1.25 bits per heavy atom. The zero-order chi connectivity index (χ0) is 16.9. The summed E-state index contributed by atoms with van der Waals surface area (Å²) in [6, 6.07) is 17.2. The van der Waals surface area contributed by atoms with Crippen LogP contribution in [0.3, 0.4) is 0 Å². The molecule has 1 saturated carbocycles. The van der Waals surface area contributed by atoms with Gasteiger partial charge in [-0.2, -0.15) is 5.26 Å². The smallest absolute Gasteiger partial charge is 0.262 e. The summed E-state index contributed by atoms with van der Waals surface area (Å²) in [6.07, 6.45) is 3.70. The molecule has 24 heavy (non-hydrogen) atoms. The number of hydrogen-bond acceptors (Lipinski definition) is 3. The van der Waals surface area contributed by atoms with Gasteiger partial charge in [-0.3, -0.25) is 4.79 Å². The third kappa shape index (κ3) is 4.09. The molecule has 1 fully saturated rings. The second-order valence-electron chi connectivity index (χ2n) is 5.75. The van der Waals surface area contributed by atoms with E-state index >= 15 is 0 Å². The van der Waals surface area contributed by atoms with Crippen LogP contribution in [0.1, 0.15) is 30.1 Å². The third-order valence-electron chi connectivity index (χ3n) is 3.93. The van der Waals surface area contributed by atoms with Crippen molar-refractivity contribution in [3.63, 3.8) is 0 Å². The van der Waals surface area contributed by atoms with Crippen LogP contribution in [-0.2, 0) is 4.79 Å². The molecule has 0 bridgehead atoms. The number of carbonyl (C=O) groups excluding carboxylic acids is 1. The van der Waals surface area contributed by atoms with Crippen molar-refractivity contribution in [3.05, 3.63) is 70.0 Å². The highest BCUT2D eigenvalue weighted by atomic mass is 79.9. The Morgan fingerprint density at radius 3 is 2.62 bits per heavy atom. The SMILES string of the molecule is N#C/C(=C\c1cccc(Br)n1)C(=O)NC(c1ccccc1)C1CC1. The molecular weight excluding hydrogens is 366 g/mol. The Morgan fingerprint density at radius 2 is 2.00 bits per heavy atom. The van der Waals surface area contributed by atoms with Crippen LogP contribution < -0.4 is 5.32 Å². The normalized spacial score (nSPS) is 15.4. The summed E-state index contributed by atoms with van der Waals surface area (Å²) in [7, 11) is 0. The first-order chi connectivity index (χ1) is 11.7. The number of aromatic nitrogens is 1. The first kappa shape index (κ1) is 16.4. The summed E-state index contributed by atoms with van der Waals surface area (Å²) in [4.78, 5) is 16.8. The number of carbonyl (C=O) groups is 1. The molecule has 0 spiro atoms. The number of nitrogens with zero attached hydrogens (tertiary/aromatic N) is 2. The van der Waals surface area contributed by atoms with Crippen LogP contribution in [0.25, 0.3) is 6.08 Å². The van der Waals surface area contributed by atoms with Gasteiger partial charge in [-0.15, -0.1) is 0 Å². The minimum absolute atomic E-state index is 0.0501. The third-order valence-corrected chi connectivity index (χ3v) is 4.37. The fraction of sp³-hybridized carbons (Fsp3) is 0.211. The van der Waals surface area contributed by atoms with Crippen LogP contribution in [0.4, 0.5) is 0 Å². The molecule has 5 heteroatoms. The molecule has 4 nitrogen and oxygen atoms in total. The van der Waals surface area contributed by atoms with E-state index in [0.29, 0.717) is 16.2 Å². The molecule has 1 aliphatic carbocycles. The molecule has 2 aromatic rings. The van der Waals surface area contributed by atoms with Gasteiger partial charge in [0.1, 0.15) is 16.2 Å². The molecule has 1 aliphatic rings. The lowest BCUT2D eigenvalue weighted by atomic mass is 10.0. The van der Waals surface area contributed by atoms with E-state index < -0.39 is 0 Å². The molecule has 1 heterocycles. The molecule has 120 valence electrons. The largest absolute Gasteiger partial charge is 0.344 e. The molecule has 1 unspecified atom stereocenters. The van der Waals surface area contributed by atoms with E-state index in [0.717, 1.165) is 18.4 Å². The lowest BCUT2D eigenvalue weighted by Gasteiger charge is -2.18. The standard InChI is InChI=1S/C19H16BrN3O/c20-17-8-4-7-16(22-17)11-15(12-21)19(24)23-18(14-9-10-14)13-5-2-1-3-6-13/h1-8,11,14,18H,9-10H2,(H,23,24)/b15-11+. The molecule has 3 rings (SSSR count). The molecular formula is C19H16BrN3O. The molecule has 0 aliphatic heterocycles. The molecule has 1 N–H and O–H groups in total. The van der Waals surface area contributed by atoms with Crippen molar-refractivity contribution in [2.75, 3.05) is 0 Å². The van der Waals surface area contributed by atoms with Crippen LogP contribution in [0.2, 0.25) is 0 Å². The Kier molecular flexibility index (Phi) is 5.07. The summed E-state index contributed by atoms with van der Waals surface area (Å²) in [6.45, 7) is 0. The van der Waals surface area contributed by atoms with Gasteiger partial charge in [-0.1, -0.05) is 36.4 Å². The predicted octanol–water partition coefficient (Wildman–Crippen LogP) is 4.02. The van der Waals surface area contributed by atoms with Crippen molar-refractivity contribution in [2.45, 2.75) is 18.9 Å². The first-order valence-corrected chi connectivity index (χ1v) is 8.57. The minimum Gasteiger partial charge on any atom is -0.344 e. The lowest BCUT2D eigenvalue weighted by Crippen LogP contribution is -2.30. The summed E-state index contributed by atoms with van der Waals surface area (Å²) in [5, 5.41) is 12.4. The van der Waals surface area contributed by atoms with Crippen LogP contribution in [0, 0.1) is 17.2 Å². The average molecular weight is 382 g/mol. The number of pyridine rings is 1. The number of amides is 1. The second-order valence-corrected chi connectivity index (χ2v) is 6.57. The maximum absolute atomic E-state index is 12.5. The fourth-order valence-corrected chi connectivity index (χ4v) is 2.94. The predicted molar refractivity (Wildman–Crippen MR) is 95.6 cm³/mol. The second kappa shape index (κ2) is 7.41. The number of nitriles is 1. The molecule has 0 radical (unpaired) electrons. The number of halogens is 1. The highest BCUT2D eigenvalue weighted by molar-refractivity contribution is 9.10. The van der Waals surface area contributed by atoms with Crippen molar-refractivity contribution in [1.29, 1.82) is 5.26 Å². The highest BCUT2D eigenvalue weighted by Gasteiger charge is 2.33. The zero-order valence-corrected chi connectivity index (χ0v) is 14.5. The van der Waals surface area contributed by atoms with E-state index in [4.69, 9.17) is 0 Å². The van der Waals surface area contributed by atoms with E-state index in [1.54, 1.807) is 12.1 Å². The number of rotatable bonds is 5. The molecule has 1 atom stereocenters. The Bertz CT molecular complexity index is 807. The molecule has 1 aromatic carbocycles. The monoisotopic (exact) mass is 381 g/mol. The quantitative estimate of drug-likeness (QED) is 0.483. The minimum atomic E-state index is -0.361. The van der Waals surface area contributed by atoms with Crippen molar-refractivity contribution in [3.8, 4) is 6.07 Å². The van der Waals surface area contributed by atoms with Gasteiger partial charge in [-0.25, -0.2) is 4.98 Å². The summed E-state index contributed by atoms with van der Waals surface area (Å²) in [5.41, 5.74) is 1.70. The van der Waals surface area contributed by atoms with E-state index in [-0.39, 0.29) is 17.5 Å². The van der Waals surface area contributed by atoms with E-state index in [2.05, 4.69) is 26.2 Å². The maximum atomic E-state index is 12.5. The fourth-order valence-electron chi connectivity index (χ4n) is 2.58. The van der Waals surface area contributed by atoms with Gasteiger partial charge >= 0.3 is 0 Å². The number of benzene rings is 1. The van der Waals surface area contributed by atoms with Crippen molar-refractivity contribution in [1.82, 2.24) is 10.3 Å². The molecule has 1 aromatic heterocycles. The van der Waals surface area contributed by atoms with Gasteiger partial charge < -0.3 is 5.32 Å². The van der Waals surface area contributed by atoms with Gasteiger partial charge in [0.15, 0.2) is 0 Å². The number of hydrogen-bond donors (Lipinski definition) is 1.